The van der Waals surface area contributed by atoms with Crippen molar-refractivity contribution < 1.29 is 36.6 Å². The molecule has 1 heterocycles. The van der Waals surface area contributed by atoms with Crippen molar-refractivity contribution in [3.8, 4) is 11.5 Å². The fourth-order valence-electron chi connectivity index (χ4n) is 2.89. The Morgan fingerprint density at radius 1 is 1.21 bits per heavy atom. The number of methoxy groups -OCH3 is 1. The molecule has 0 radical (unpaired) electrons. The highest BCUT2D eigenvalue weighted by Gasteiger charge is 2.36. The summed E-state index contributed by atoms with van der Waals surface area (Å²) < 4.78 is 35.7. The number of aryl methyl sites for hydroxylation is 1. The number of benzene rings is 2. The van der Waals surface area contributed by atoms with E-state index in [0.717, 1.165) is 6.07 Å². The standard InChI is InChI=1S/C20H17N3O9S2/c1-11-3-5-13(9-14(11)23(27)28)34(29,30)32-15-6-4-12(7-16(15)31-2)8-17-19(25)22(10-18(21)24)20(26)33-17/h3-9H,10H2,1-2H3,(H2,21,24)/b17-8-. The quantitative estimate of drug-likeness (QED) is 0.241. The highest BCUT2D eigenvalue weighted by atomic mass is 32.2. The van der Waals surface area contributed by atoms with Gasteiger partial charge in [-0.1, -0.05) is 12.1 Å². The first-order chi connectivity index (χ1) is 15.9. The second-order valence-corrected chi connectivity index (χ2v) is 9.43. The van der Waals surface area contributed by atoms with Crippen LogP contribution in [0.5, 0.6) is 11.5 Å². The lowest BCUT2D eigenvalue weighted by atomic mass is 10.2. The minimum Gasteiger partial charge on any atom is -0.493 e. The van der Waals surface area contributed by atoms with E-state index in [1.54, 1.807) is 0 Å². The Balaban J connectivity index is 1.89. The first-order valence-electron chi connectivity index (χ1n) is 9.34. The van der Waals surface area contributed by atoms with E-state index in [-0.39, 0.29) is 27.7 Å². The van der Waals surface area contributed by atoms with Gasteiger partial charge in [0.25, 0.3) is 16.8 Å². The van der Waals surface area contributed by atoms with Gasteiger partial charge in [0.1, 0.15) is 11.4 Å². The third kappa shape index (κ3) is 5.18. The Kier molecular flexibility index (Phi) is 6.93. The maximum absolute atomic E-state index is 12.7. The molecule has 0 unspecified atom stereocenters. The maximum atomic E-state index is 12.7. The molecule has 0 bridgehead atoms. The number of nitro groups is 1. The first-order valence-corrected chi connectivity index (χ1v) is 11.6. The molecule has 0 saturated carbocycles. The fourth-order valence-corrected chi connectivity index (χ4v) is 4.69. The van der Waals surface area contributed by atoms with Gasteiger partial charge in [-0.25, -0.2) is 0 Å². The molecule has 0 atom stereocenters. The van der Waals surface area contributed by atoms with Gasteiger partial charge in [-0.2, -0.15) is 8.42 Å². The van der Waals surface area contributed by atoms with E-state index in [1.807, 2.05) is 0 Å². The number of carbonyl (C=O) groups excluding carboxylic acids is 3. The number of nitrogens with zero attached hydrogens (tertiary/aromatic N) is 2. The van der Waals surface area contributed by atoms with E-state index >= 15 is 0 Å². The van der Waals surface area contributed by atoms with Crippen LogP contribution in [-0.4, -0.2) is 48.9 Å². The number of amides is 3. The molecule has 1 aliphatic rings. The summed E-state index contributed by atoms with van der Waals surface area (Å²) in [5.74, 6) is -1.76. The summed E-state index contributed by atoms with van der Waals surface area (Å²) in [5.41, 5.74) is 5.32. The summed E-state index contributed by atoms with van der Waals surface area (Å²) in [6.07, 6.45) is 1.36. The van der Waals surface area contributed by atoms with E-state index in [9.17, 15) is 32.9 Å². The minimum absolute atomic E-state index is 0.0182. The lowest BCUT2D eigenvalue weighted by Crippen LogP contribution is -2.36. The third-order valence-electron chi connectivity index (χ3n) is 4.54. The summed E-state index contributed by atoms with van der Waals surface area (Å²) in [4.78, 5) is 46.1. The molecular weight excluding hydrogens is 490 g/mol. The molecule has 1 fully saturated rings. The molecule has 34 heavy (non-hydrogen) atoms. The van der Waals surface area contributed by atoms with Crippen LogP contribution in [0.1, 0.15) is 11.1 Å². The van der Waals surface area contributed by atoms with Crippen LogP contribution in [0.25, 0.3) is 6.08 Å². The van der Waals surface area contributed by atoms with Gasteiger partial charge in [0.2, 0.25) is 5.91 Å². The molecule has 1 saturated heterocycles. The molecule has 0 aromatic heterocycles. The van der Waals surface area contributed by atoms with Crippen LogP contribution in [-0.2, 0) is 19.7 Å². The van der Waals surface area contributed by atoms with Crippen molar-refractivity contribution in [2.75, 3.05) is 13.7 Å². The second-order valence-electron chi connectivity index (χ2n) is 6.89. The van der Waals surface area contributed by atoms with Gasteiger partial charge in [-0.3, -0.25) is 29.4 Å². The lowest BCUT2D eigenvalue weighted by molar-refractivity contribution is -0.385. The normalized spacial score (nSPS) is 15.0. The van der Waals surface area contributed by atoms with Crippen molar-refractivity contribution in [2.24, 2.45) is 5.73 Å². The largest absolute Gasteiger partial charge is 0.493 e. The predicted octanol–water partition coefficient (Wildman–Crippen LogP) is 2.20. The topological polar surface area (TPSA) is 176 Å². The van der Waals surface area contributed by atoms with Crippen LogP contribution < -0.4 is 14.7 Å². The van der Waals surface area contributed by atoms with Gasteiger partial charge < -0.3 is 14.7 Å². The van der Waals surface area contributed by atoms with Gasteiger partial charge in [-0.05, 0) is 48.5 Å². The molecule has 1 aliphatic heterocycles. The first kappa shape index (κ1) is 24.7. The molecule has 3 amide bonds. The van der Waals surface area contributed by atoms with E-state index < -0.39 is 43.5 Å². The van der Waals surface area contributed by atoms with Gasteiger partial charge >= 0.3 is 10.1 Å². The monoisotopic (exact) mass is 507 g/mol. The van der Waals surface area contributed by atoms with Crippen LogP contribution in [0.2, 0.25) is 0 Å². The highest BCUT2D eigenvalue weighted by Crippen LogP contribution is 2.35. The summed E-state index contributed by atoms with van der Waals surface area (Å²) >= 11 is 0.616. The molecule has 2 aromatic rings. The molecule has 178 valence electrons. The van der Waals surface area contributed by atoms with Gasteiger partial charge in [0.05, 0.1) is 16.9 Å². The maximum Gasteiger partial charge on any atom is 0.339 e. The van der Waals surface area contributed by atoms with E-state index in [2.05, 4.69) is 0 Å². The fraction of sp³-hybridized carbons (Fsp3) is 0.150. The number of ether oxygens (including phenoxy) is 1. The molecular formula is C20H17N3O9S2. The van der Waals surface area contributed by atoms with Crippen LogP contribution in [0.3, 0.4) is 0 Å². The Hall–Kier alpha value is -3.91. The zero-order chi connectivity index (χ0) is 25.2. The van der Waals surface area contributed by atoms with E-state index in [0.29, 0.717) is 22.2 Å². The SMILES string of the molecule is COc1cc(/C=C2\SC(=O)N(CC(N)=O)C2=O)ccc1OS(=O)(=O)c1ccc(C)c([N+](=O)[O-])c1. The Morgan fingerprint density at radius 2 is 1.91 bits per heavy atom. The molecule has 2 aromatic carbocycles. The number of hydrogen-bond donors (Lipinski definition) is 1. The van der Waals surface area contributed by atoms with E-state index in [1.165, 1.54) is 50.4 Å². The summed E-state index contributed by atoms with van der Waals surface area (Å²) in [5, 5.41) is 10.5. The van der Waals surface area contributed by atoms with Crippen LogP contribution in [0, 0.1) is 17.0 Å². The van der Waals surface area contributed by atoms with Gasteiger partial charge in [0.15, 0.2) is 11.5 Å². The van der Waals surface area contributed by atoms with Gasteiger partial charge in [0, 0.05) is 11.6 Å². The van der Waals surface area contributed by atoms with Crippen molar-refractivity contribution in [3.05, 3.63) is 62.5 Å². The summed E-state index contributed by atoms with van der Waals surface area (Å²) in [7, 11) is -3.18. The number of nitro benzene ring substituents is 1. The molecule has 3 rings (SSSR count). The van der Waals surface area contributed by atoms with Crippen molar-refractivity contribution in [2.45, 2.75) is 11.8 Å². The van der Waals surface area contributed by atoms with Crippen molar-refractivity contribution >= 4 is 50.7 Å². The lowest BCUT2D eigenvalue weighted by Gasteiger charge is -2.12. The number of rotatable bonds is 8. The number of primary amides is 1. The number of imide groups is 1. The Bertz CT molecular complexity index is 1350. The minimum atomic E-state index is -4.44. The van der Waals surface area contributed by atoms with Crippen LogP contribution in [0.4, 0.5) is 10.5 Å². The van der Waals surface area contributed by atoms with E-state index in [4.69, 9.17) is 14.7 Å². The molecule has 0 spiro atoms. The van der Waals surface area contributed by atoms with Crippen molar-refractivity contribution in [1.82, 2.24) is 4.90 Å². The Morgan fingerprint density at radius 3 is 2.53 bits per heavy atom. The average molecular weight is 508 g/mol. The average Bonchev–Trinajstić information content (AvgIpc) is 3.01. The smallest absolute Gasteiger partial charge is 0.339 e. The summed E-state index contributed by atoms with van der Waals surface area (Å²) in [6, 6.07) is 7.41. The molecule has 2 N–H and O–H groups in total. The Labute approximate surface area is 197 Å². The number of hydrogen-bond acceptors (Lipinski definition) is 10. The summed E-state index contributed by atoms with van der Waals surface area (Å²) in [6.45, 7) is 0.923. The molecule has 14 heteroatoms. The van der Waals surface area contributed by atoms with Crippen LogP contribution >= 0.6 is 11.8 Å². The van der Waals surface area contributed by atoms with Crippen molar-refractivity contribution in [3.63, 3.8) is 0 Å². The number of nitrogens with two attached hydrogens (primary N) is 1. The third-order valence-corrected chi connectivity index (χ3v) is 6.68. The zero-order valence-electron chi connectivity index (χ0n) is 17.7. The predicted molar refractivity (Wildman–Crippen MR) is 121 cm³/mol. The number of thioether (sulfide) groups is 1. The second kappa shape index (κ2) is 9.52. The van der Waals surface area contributed by atoms with Crippen LogP contribution in [0.15, 0.2) is 46.2 Å². The molecule has 0 aliphatic carbocycles. The number of carbonyl (C=O) groups is 3. The molecule has 12 nitrogen and oxygen atoms in total. The van der Waals surface area contributed by atoms with Gasteiger partial charge in [-0.15, -0.1) is 0 Å². The highest BCUT2D eigenvalue weighted by molar-refractivity contribution is 8.18. The van der Waals surface area contributed by atoms with Crippen molar-refractivity contribution in [1.29, 1.82) is 0 Å². The zero-order valence-corrected chi connectivity index (χ0v) is 19.3.